The van der Waals surface area contributed by atoms with E-state index in [1.807, 2.05) is 17.7 Å². The Morgan fingerprint density at radius 2 is 2.11 bits per heavy atom. The first kappa shape index (κ1) is 13.6. The first-order valence-corrected chi connectivity index (χ1v) is 6.64. The van der Waals surface area contributed by atoms with Crippen molar-refractivity contribution in [1.82, 2.24) is 25.2 Å². The molecule has 1 atom stereocenters. The Hall–Kier alpha value is -1.82. The summed E-state index contributed by atoms with van der Waals surface area (Å²) in [6, 6.07) is 1.74. The number of nitrogens with two attached hydrogens (primary N) is 1. The van der Waals surface area contributed by atoms with Gasteiger partial charge in [-0.3, -0.25) is 0 Å². The molecule has 0 fully saturated rings. The molecule has 2 rings (SSSR count). The summed E-state index contributed by atoms with van der Waals surface area (Å²) in [4.78, 5) is 0. The van der Waals surface area contributed by atoms with Crippen molar-refractivity contribution >= 4 is 0 Å². The van der Waals surface area contributed by atoms with Crippen molar-refractivity contribution in [2.45, 2.75) is 46.2 Å². The second-order valence-electron chi connectivity index (χ2n) is 4.60. The van der Waals surface area contributed by atoms with Gasteiger partial charge in [-0.25, -0.2) is 4.68 Å². The monoisotopic (exact) mass is 260 g/mol. The molecule has 0 saturated heterocycles. The van der Waals surface area contributed by atoms with Gasteiger partial charge < -0.3 is 5.73 Å². The quantitative estimate of drug-likeness (QED) is 0.878. The van der Waals surface area contributed by atoms with Gasteiger partial charge in [-0.2, -0.15) is 10.2 Å². The van der Waals surface area contributed by atoms with Gasteiger partial charge in [0.2, 0.25) is 0 Å². The molecule has 2 heterocycles. The van der Waals surface area contributed by atoms with Crippen LogP contribution in [0.25, 0.3) is 0 Å². The summed E-state index contributed by atoms with van der Waals surface area (Å²) in [5.74, 6) is 0. The summed E-state index contributed by atoms with van der Waals surface area (Å²) in [5.41, 5.74) is 10.1. The fraction of sp³-hybridized carbons (Fsp3) is 0.538. The summed E-state index contributed by atoms with van der Waals surface area (Å²) >= 11 is 0. The van der Waals surface area contributed by atoms with E-state index >= 15 is 0 Å². The normalized spacial score (nSPS) is 12.6. The Balaban J connectivity index is 2.40. The van der Waals surface area contributed by atoms with Crippen LogP contribution in [0.4, 0.5) is 0 Å². The number of aromatic nitrogens is 5. The third-order valence-corrected chi connectivity index (χ3v) is 3.10. The highest BCUT2D eigenvalue weighted by atomic mass is 15.4. The lowest BCUT2D eigenvalue weighted by Crippen LogP contribution is -2.20. The number of aryl methyl sites for hydroxylation is 3. The van der Waals surface area contributed by atoms with Crippen LogP contribution in [0.15, 0.2) is 12.3 Å². The number of nitrogens with zero attached hydrogens (tertiary/aromatic N) is 5. The van der Waals surface area contributed by atoms with Crippen LogP contribution < -0.4 is 5.73 Å². The molecular weight excluding hydrogens is 240 g/mol. The molecule has 2 N–H and O–H groups in total. The lowest BCUT2D eigenvalue weighted by Gasteiger charge is -2.16. The first-order chi connectivity index (χ1) is 9.17. The van der Waals surface area contributed by atoms with Gasteiger partial charge in [-0.05, 0) is 25.8 Å². The van der Waals surface area contributed by atoms with Gasteiger partial charge in [-0.1, -0.05) is 19.1 Å². The van der Waals surface area contributed by atoms with E-state index in [0.29, 0.717) is 0 Å². The van der Waals surface area contributed by atoms with Crippen molar-refractivity contribution < 1.29 is 0 Å². The van der Waals surface area contributed by atoms with Gasteiger partial charge in [0, 0.05) is 12.1 Å². The van der Waals surface area contributed by atoms with Crippen LogP contribution in [0.5, 0.6) is 0 Å². The Morgan fingerprint density at radius 3 is 2.79 bits per heavy atom. The molecule has 2 aromatic rings. The highest BCUT2D eigenvalue weighted by molar-refractivity contribution is 5.30. The standard InChI is InChI=1S/C13H20N6/c1-4-6-19-12(8-15-18-19)13(14)10-7-9(3)16-17-11(10)5-2/h7-8,13H,4-6,14H2,1-3H3. The SMILES string of the molecule is CCCn1nncc1C(N)c1cc(C)nnc1CC. The zero-order valence-corrected chi connectivity index (χ0v) is 11.7. The molecule has 102 valence electrons. The van der Waals surface area contributed by atoms with Crippen LogP contribution in [0, 0.1) is 6.92 Å². The summed E-state index contributed by atoms with van der Waals surface area (Å²) in [7, 11) is 0. The average molecular weight is 260 g/mol. The molecule has 0 aliphatic heterocycles. The smallest absolute Gasteiger partial charge is 0.0800 e. The lowest BCUT2D eigenvalue weighted by atomic mass is 10.0. The third kappa shape index (κ3) is 2.78. The van der Waals surface area contributed by atoms with Gasteiger partial charge in [0.05, 0.1) is 29.3 Å². The lowest BCUT2D eigenvalue weighted by molar-refractivity contribution is 0.542. The molecule has 6 heteroatoms. The maximum absolute atomic E-state index is 6.37. The van der Waals surface area contributed by atoms with Gasteiger partial charge in [0.15, 0.2) is 0 Å². The average Bonchev–Trinajstić information content (AvgIpc) is 2.86. The topological polar surface area (TPSA) is 82.5 Å². The summed E-state index contributed by atoms with van der Waals surface area (Å²) in [6.45, 7) is 6.90. The van der Waals surface area contributed by atoms with Crippen LogP contribution in [-0.4, -0.2) is 25.2 Å². The maximum atomic E-state index is 6.37. The molecule has 0 spiro atoms. The van der Waals surface area contributed by atoms with Crippen LogP contribution in [0.1, 0.15) is 49.0 Å². The van der Waals surface area contributed by atoms with Crippen molar-refractivity contribution in [1.29, 1.82) is 0 Å². The molecule has 0 amide bonds. The van der Waals surface area contributed by atoms with Crippen molar-refractivity contribution in [3.8, 4) is 0 Å². The van der Waals surface area contributed by atoms with E-state index in [1.54, 1.807) is 6.20 Å². The van der Waals surface area contributed by atoms with Crippen LogP contribution >= 0.6 is 0 Å². The summed E-state index contributed by atoms with van der Waals surface area (Å²) in [6.07, 6.45) is 3.54. The maximum Gasteiger partial charge on any atom is 0.0800 e. The Bertz CT molecular complexity index is 548. The highest BCUT2D eigenvalue weighted by Crippen LogP contribution is 2.22. The second-order valence-corrected chi connectivity index (χ2v) is 4.60. The van der Waals surface area contributed by atoms with Gasteiger partial charge in [0.25, 0.3) is 0 Å². The number of hydrogen-bond acceptors (Lipinski definition) is 5. The predicted molar refractivity (Wildman–Crippen MR) is 72.5 cm³/mol. The molecule has 2 aromatic heterocycles. The van der Waals surface area contributed by atoms with Crippen LogP contribution in [-0.2, 0) is 13.0 Å². The zero-order valence-electron chi connectivity index (χ0n) is 11.7. The van der Waals surface area contributed by atoms with E-state index in [-0.39, 0.29) is 6.04 Å². The van der Waals surface area contributed by atoms with Gasteiger partial charge in [-0.15, -0.1) is 5.10 Å². The molecule has 0 aliphatic rings. The Morgan fingerprint density at radius 1 is 1.32 bits per heavy atom. The molecule has 0 radical (unpaired) electrons. The molecule has 0 aliphatic carbocycles. The molecular formula is C13H20N6. The molecule has 0 aromatic carbocycles. The second kappa shape index (κ2) is 5.88. The number of hydrogen-bond donors (Lipinski definition) is 1. The van der Waals surface area contributed by atoms with E-state index in [4.69, 9.17) is 5.73 Å². The minimum Gasteiger partial charge on any atom is -0.319 e. The molecule has 1 unspecified atom stereocenters. The zero-order chi connectivity index (χ0) is 13.8. The van der Waals surface area contributed by atoms with E-state index in [9.17, 15) is 0 Å². The largest absolute Gasteiger partial charge is 0.319 e. The van der Waals surface area contributed by atoms with Crippen LogP contribution in [0.2, 0.25) is 0 Å². The fourth-order valence-corrected chi connectivity index (χ4v) is 2.13. The fourth-order valence-electron chi connectivity index (χ4n) is 2.13. The molecule has 0 saturated carbocycles. The molecule has 6 nitrogen and oxygen atoms in total. The first-order valence-electron chi connectivity index (χ1n) is 6.64. The minimum atomic E-state index is -0.259. The summed E-state index contributed by atoms with van der Waals surface area (Å²) in [5, 5.41) is 16.4. The van der Waals surface area contributed by atoms with E-state index in [0.717, 1.165) is 42.0 Å². The Labute approximate surface area is 113 Å². The van der Waals surface area contributed by atoms with Crippen molar-refractivity contribution in [2.24, 2.45) is 5.73 Å². The molecule has 0 bridgehead atoms. The van der Waals surface area contributed by atoms with Crippen molar-refractivity contribution in [3.63, 3.8) is 0 Å². The van der Waals surface area contributed by atoms with E-state index < -0.39 is 0 Å². The Kier molecular flexibility index (Phi) is 4.21. The summed E-state index contributed by atoms with van der Waals surface area (Å²) < 4.78 is 1.86. The predicted octanol–water partition coefficient (Wildman–Crippen LogP) is 1.40. The van der Waals surface area contributed by atoms with Crippen LogP contribution in [0.3, 0.4) is 0 Å². The number of rotatable bonds is 5. The third-order valence-electron chi connectivity index (χ3n) is 3.10. The minimum absolute atomic E-state index is 0.259. The molecule has 19 heavy (non-hydrogen) atoms. The van der Waals surface area contributed by atoms with E-state index in [2.05, 4.69) is 34.4 Å². The van der Waals surface area contributed by atoms with Gasteiger partial charge in [0.1, 0.15) is 0 Å². The highest BCUT2D eigenvalue weighted by Gasteiger charge is 2.18. The van der Waals surface area contributed by atoms with E-state index in [1.165, 1.54) is 0 Å². The van der Waals surface area contributed by atoms with Gasteiger partial charge >= 0.3 is 0 Å². The van der Waals surface area contributed by atoms with Crippen molar-refractivity contribution in [2.75, 3.05) is 0 Å². The van der Waals surface area contributed by atoms with Crippen molar-refractivity contribution in [3.05, 3.63) is 34.9 Å².